The molecule has 0 bridgehead atoms. The molecule has 0 radical (unpaired) electrons. The van der Waals surface area contributed by atoms with E-state index in [4.69, 9.17) is 20.0 Å². The molecule has 0 saturated heterocycles. The Morgan fingerprint density at radius 2 is 1.19 bits per heavy atom. The first kappa shape index (κ1) is 20.1. The van der Waals surface area contributed by atoms with Gasteiger partial charge in [0.15, 0.2) is 0 Å². The van der Waals surface area contributed by atoms with E-state index in [1.807, 2.05) is 13.8 Å². The van der Waals surface area contributed by atoms with Crippen molar-refractivity contribution in [3.05, 3.63) is 0 Å². The van der Waals surface area contributed by atoms with Gasteiger partial charge in [-0.05, 0) is 32.6 Å². The summed E-state index contributed by atoms with van der Waals surface area (Å²) in [6.45, 7) is 5.76. The van der Waals surface area contributed by atoms with E-state index in [0.717, 1.165) is 12.8 Å². The molecule has 0 aliphatic carbocycles. The fraction of sp³-hybridized carbons (Fsp3) is 0.833. The van der Waals surface area contributed by atoms with Crippen LogP contribution in [-0.2, 0) is 9.47 Å². The normalized spacial score (nSPS) is 13.8. The zero-order valence-corrected chi connectivity index (χ0v) is 8.86. The standard InChI is InChI=1S/C10H16N2O2.2CH4/c1-8(4-9(2)13-6-11)5-10(3)14-7-12;;/h8-10H,4-5H2,1-3H3;2*1H4. The van der Waals surface area contributed by atoms with Gasteiger partial charge in [0.25, 0.3) is 12.5 Å². The lowest BCUT2D eigenvalue weighted by molar-refractivity contribution is 0.116. The van der Waals surface area contributed by atoms with E-state index in [2.05, 4.69) is 6.92 Å². The first-order valence-corrected chi connectivity index (χ1v) is 4.69. The van der Waals surface area contributed by atoms with E-state index in [1.165, 1.54) is 0 Å². The summed E-state index contributed by atoms with van der Waals surface area (Å²) < 4.78 is 9.51. The summed E-state index contributed by atoms with van der Waals surface area (Å²) in [6, 6.07) is 0. The quantitative estimate of drug-likeness (QED) is 0.653. The minimum absolute atomic E-state index is 0. The Morgan fingerprint density at radius 3 is 1.44 bits per heavy atom. The topological polar surface area (TPSA) is 66.0 Å². The van der Waals surface area contributed by atoms with Crippen LogP contribution in [0.25, 0.3) is 0 Å². The molecule has 0 aromatic carbocycles. The molecule has 0 N–H and O–H groups in total. The van der Waals surface area contributed by atoms with Gasteiger partial charge in [-0.15, -0.1) is 0 Å². The third-order valence-electron chi connectivity index (χ3n) is 1.98. The van der Waals surface area contributed by atoms with Crippen LogP contribution in [0.15, 0.2) is 0 Å². The average Bonchev–Trinajstić information content (AvgIpc) is 2.03. The van der Waals surface area contributed by atoms with Gasteiger partial charge in [-0.3, -0.25) is 0 Å². The van der Waals surface area contributed by atoms with Crippen LogP contribution in [0.3, 0.4) is 0 Å². The first-order chi connectivity index (χ1) is 6.60. The molecule has 0 fully saturated rings. The predicted molar refractivity (Wildman–Crippen MR) is 64.2 cm³/mol. The highest BCUT2D eigenvalue weighted by molar-refractivity contribution is 4.67. The van der Waals surface area contributed by atoms with Crippen molar-refractivity contribution in [2.45, 2.75) is 60.7 Å². The maximum absolute atomic E-state index is 8.28. The molecule has 0 rings (SSSR count). The molecule has 94 valence electrons. The number of hydrogen-bond acceptors (Lipinski definition) is 4. The molecule has 0 aromatic rings. The molecule has 4 heteroatoms. The van der Waals surface area contributed by atoms with Crippen molar-refractivity contribution in [1.82, 2.24) is 0 Å². The second-order valence-corrected chi connectivity index (χ2v) is 3.62. The van der Waals surface area contributed by atoms with Crippen LogP contribution in [0, 0.1) is 29.0 Å². The van der Waals surface area contributed by atoms with Crippen molar-refractivity contribution in [1.29, 1.82) is 10.5 Å². The van der Waals surface area contributed by atoms with Crippen molar-refractivity contribution in [3.8, 4) is 12.5 Å². The van der Waals surface area contributed by atoms with Gasteiger partial charge in [-0.2, -0.15) is 10.5 Å². The second kappa shape index (κ2) is 11.7. The van der Waals surface area contributed by atoms with Crippen LogP contribution >= 0.6 is 0 Å². The highest BCUT2D eigenvalue weighted by Crippen LogP contribution is 2.15. The molecule has 0 aromatic heterocycles. The van der Waals surface area contributed by atoms with Gasteiger partial charge in [-0.1, -0.05) is 21.8 Å². The van der Waals surface area contributed by atoms with Gasteiger partial charge in [0.1, 0.15) is 12.2 Å². The van der Waals surface area contributed by atoms with Crippen LogP contribution in [0.4, 0.5) is 0 Å². The van der Waals surface area contributed by atoms with Crippen LogP contribution in [0.1, 0.15) is 48.5 Å². The molecule has 0 aliphatic heterocycles. The number of nitrogens with zero attached hydrogens (tertiary/aromatic N) is 2. The van der Waals surface area contributed by atoms with E-state index in [-0.39, 0.29) is 27.1 Å². The molecule has 0 aliphatic rings. The van der Waals surface area contributed by atoms with Gasteiger partial charge in [0.2, 0.25) is 0 Å². The molecule has 2 atom stereocenters. The zero-order valence-electron chi connectivity index (χ0n) is 8.86. The molecular formula is C12H24N2O2. The lowest BCUT2D eigenvalue weighted by Gasteiger charge is -2.17. The molecule has 16 heavy (non-hydrogen) atoms. The van der Waals surface area contributed by atoms with Crippen LogP contribution in [0.2, 0.25) is 0 Å². The minimum Gasteiger partial charge on any atom is -0.424 e. The lowest BCUT2D eigenvalue weighted by atomic mass is 9.98. The maximum Gasteiger partial charge on any atom is 0.286 e. The number of rotatable bonds is 6. The summed E-state index contributed by atoms with van der Waals surface area (Å²) in [6.07, 6.45) is 4.80. The van der Waals surface area contributed by atoms with Crippen molar-refractivity contribution in [3.63, 3.8) is 0 Å². The Bertz CT molecular complexity index is 206. The summed E-state index contributed by atoms with van der Waals surface area (Å²) in [5.74, 6) is 0.377. The molecule has 4 nitrogen and oxygen atoms in total. The Hall–Kier alpha value is -1.42. The third-order valence-corrected chi connectivity index (χ3v) is 1.98. The third kappa shape index (κ3) is 10.7. The number of hydrogen-bond donors (Lipinski definition) is 0. The van der Waals surface area contributed by atoms with E-state index in [0.29, 0.717) is 5.92 Å². The van der Waals surface area contributed by atoms with E-state index < -0.39 is 0 Å². The fourth-order valence-corrected chi connectivity index (χ4v) is 1.51. The van der Waals surface area contributed by atoms with E-state index in [1.54, 1.807) is 12.5 Å². The highest BCUT2D eigenvalue weighted by Gasteiger charge is 2.13. The van der Waals surface area contributed by atoms with Crippen LogP contribution < -0.4 is 0 Å². The molecule has 2 unspecified atom stereocenters. The summed E-state index contributed by atoms with van der Waals surface area (Å²) in [5.41, 5.74) is 0. The summed E-state index contributed by atoms with van der Waals surface area (Å²) in [5, 5.41) is 16.6. The van der Waals surface area contributed by atoms with Crippen molar-refractivity contribution in [2.24, 2.45) is 5.92 Å². The Kier molecular flexibility index (Phi) is 14.6. The molecule has 0 heterocycles. The summed E-state index contributed by atoms with van der Waals surface area (Å²) in [7, 11) is 0. The highest BCUT2D eigenvalue weighted by atomic mass is 16.5. The molecule has 0 spiro atoms. The van der Waals surface area contributed by atoms with Crippen molar-refractivity contribution in [2.75, 3.05) is 0 Å². The monoisotopic (exact) mass is 228 g/mol. The Labute approximate surface area is 99.8 Å². The second-order valence-electron chi connectivity index (χ2n) is 3.62. The van der Waals surface area contributed by atoms with Crippen molar-refractivity contribution < 1.29 is 9.47 Å². The number of nitriles is 2. The predicted octanol–water partition coefficient (Wildman–Crippen LogP) is 3.45. The largest absolute Gasteiger partial charge is 0.424 e. The average molecular weight is 228 g/mol. The van der Waals surface area contributed by atoms with Gasteiger partial charge in [0.05, 0.1) is 0 Å². The van der Waals surface area contributed by atoms with Gasteiger partial charge < -0.3 is 9.47 Å². The molecule has 0 saturated carbocycles. The smallest absolute Gasteiger partial charge is 0.286 e. The zero-order chi connectivity index (χ0) is 11.0. The summed E-state index contributed by atoms with van der Waals surface area (Å²) in [4.78, 5) is 0. The molecular weight excluding hydrogens is 204 g/mol. The van der Waals surface area contributed by atoms with Crippen molar-refractivity contribution >= 4 is 0 Å². The Morgan fingerprint density at radius 1 is 0.875 bits per heavy atom. The maximum atomic E-state index is 8.28. The fourth-order valence-electron chi connectivity index (χ4n) is 1.51. The van der Waals surface area contributed by atoms with Gasteiger partial charge >= 0.3 is 0 Å². The SMILES string of the molecule is C.C.CC(CC(C)OC#N)CC(C)OC#N. The molecule has 0 amide bonds. The van der Waals surface area contributed by atoms with E-state index in [9.17, 15) is 0 Å². The van der Waals surface area contributed by atoms with Crippen LogP contribution in [0.5, 0.6) is 0 Å². The number of ether oxygens (including phenoxy) is 2. The van der Waals surface area contributed by atoms with Gasteiger partial charge in [0, 0.05) is 0 Å². The van der Waals surface area contributed by atoms with Crippen LogP contribution in [-0.4, -0.2) is 12.2 Å². The summed E-state index contributed by atoms with van der Waals surface area (Å²) >= 11 is 0. The van der Waals surface area contributed by atoms with E-state index >= 15 is 0 Å². The minimum atomic E-state index is -0.0655. The van der Waals surface area contributed by atoms with Gasteiger partial charge in [-0.25, -0.2) is 0 Å². The lowest BCUT2D eigenvalue weighted by Crippen LogP contribution is -2.15. The Balaban J connectivity index is -0.000000845. The first-order valence-electron chi connectivity index (χ1n) is 4.69.